The average Bonchev–Trinajstić information content (AvgIpc) is 3.42. The van der Waals surface area contributed by atoms with E-state index < -0.39 is 0 Å². The Morgan fingerprint density at radius 1 is 1.18 bits per heavy atom. The molecule has 2 N–H and O–H groups in total. The SMILES string of the molecule is CCNC(=NCc1ccc(C(=O)N(C)C)cc1)NCC1CCN(C2CC2)C1.I. The van der Waals surface area contributed by atoms with Crippen molar-refractivity contribution in [1.82, 2.24) is 20.4 Å². The van der Waals surface area contributed by atoms with Gasteiger partial charge in [0, 0.05) is 45.3 Å². The van der Waals surface area contributed by atoms with Gasteiger partial charge in [-0.1, -0.05) is 12.1 Å². The fourth-order valence-corrected chi connectivity index (χ4v) is 3.56. The Hall–Kier alpha value is -1.35. The Labute approximate surface area is 186 Å². The van der Waals surface area contributed by atoms with Crippen LogP contribution < -0.4 is 10.6 Å². The Bertz CT molecular complexity index is 657. The molecule has 3 rings (SSSR count). The molecule has 1 saturated carbocycles. The molecule has 1 saturated heterocycles. The zero-order valence-electron chi connectivity index (χ0n) is 17.3. The number of likely N-dealkylation sites (tertiary alicyclic amines) is 1. The normalized spacial score (nSPS) is 19.8. The van der Waals surface area contributed by atoms with Crippen molar-refractivity contribution in [2.45, 2.75) is 38.8 Å². The van der Waals surface area contributed by atoms with Crippen LogP contribution in [0.3, 0.4) is 0 Å². The third-order valence-corrected chi connectivity index (χ3v) is 5.31. The maximum absolute atomic E-state index is 12.0. The molecule has 1 aromatic carbocycles. The van der Waals surface area contributed by atoms with Gasteiger partial charge in [-0.3, -0.25) is 4.79 Å². The summed E-state index contributed by atoms with van der Waals surface area (Å²) >= 11 is 0. The number of rotatable bonds is 7. The summed E-state index contributed by atoms with van der Waals surface area (Å²) in [6, 6.07) is 8.58. The van der Waals surface area contributed by atoms with Gasteiger partial charge < -0.3 is 20.4 Å². The summed E-state index contributed by atoms with van der Waals surface area (Å²) in [7, 11) is 3.53. The molecule has 1 amide bonds. The van der Waals surface area contributed by atoms with E-state index in [4.69, 9.17) is 4.99 Å². The van der Waals surface area contributed by atoms with Crippen molar-refractivity contribution < 1.29 is 4.79 Å². The van der Waals surface area contributed by atoms with Crippen LogP contribution in [0.4, 0.5) is 0 Å². The minimum absolute atomic E-state index is 0. The highest BCUT2D eigenvalue weighted by atomic mass is 127. The fraction of sp³-hybridized carbons (Fsp3) is 0.619. The van der Waals surface area contributed by atoms with Gasteiger partial charge in [-0.05, 0) is 56.3 Å². The van der Waals surface area contributed by atoms with Crippen LogP contribution in [0.5, 0.6) is 0 Å². The van der Waals surface area contributed by atoms with Crippen molar-refractivity contribution in [3.05, 3.63) is 35.4 Å². The van der Waals surface area contributed by atoms with Gasteiger partial charge in [0.05, 0.1) is 6.54 Å². The number of amides is 1. The minimum atomic E-state index is 0. The number of halogens is 1. The molecule has 1 unspecified atom stereocenters. The van der Waals surface area contributed by atoms with Crippen molar-refractivity contribution in [2.75, 3.05) is 40.3 Å². The molecular weight excluding hydrogens is 465 g/mol. The topological polar surface area (TPSA) is 60.0 Å². The summed E-state index contributed by atoms with van der Waals surface area (Å²) < 4.78 is 0. The second kappa shape index (κ2) is 11.0. The number of aliphatic imine (C=N–C) groups is 1. The van der Waals surface area contributed by atoms with Crippen LogP contribution in [-0.2, 0) is 6.54 Å². The van der Waals surface area contributed by atoms with Crippen molar-refractivity contribution in [3.8, 4) is 0 Å². The van der Waals surface area contributed by atoms with E-state index in [-0.39, 0.29) is 29.9 Å². The van der Waals surface area contributed by atoms with Gasteiger partial charge in [-0.2, -0.15) is 0 Å². The fourth-order valence-electron chi connectivity index (χ4n) is 3.56. The van der Waals surface area contributed by atoms with Crippen LogP contribution in [0.15, 0.2) is 29.3 Å². The van der Waals surface area contributed by atoms with Crippen molar-refractivity contribution >= 4 is 35.8 Å². The summed E-state index contributed by atoms with van der Waals surface area (Å²) in [5.41, 5.74) is 1.81. The summed E-state index contributed by atoms with van der Waals surface area (Å²) in [6.07, 6.45) is 4.07. The lowest BCUT2D eigenvalue weighted by Gasteiger charge is -2.17. The smallest absolute Gasteiger partial charge is 0.253 e. The van der Waals surface area contributed by atoms with Crippen molar-refractivity contribution in [2.24, 2.45) is 10.9 Å². The highest BCUT2D eigenvalue weighted by Gasteiger charge is 2.34. The molecular formula is C21H34IN5O. The highest BCUT2D eigenvalue weighted by molar-refractivity contribution is 14.0. The number of hydrogen-bond donors (Lipinski definition) is 2. The number of nitrogens with zero attached hydrogens (tertiary/aromatic N) is 3. The zero-order valence-corrected chi connectivity index (χ0v) is 19.6. The number of nitrogens with one attached hydrogen (secondary N) is 2. The molecule has 1 aliphatic heterocycles. The van der Waals surface area contributed by atoms with Crippen LogP contribution in [-0.4, -0.2) is 68.0 Å². The molecule has 0 radical (unpaired) electrons. The molecule has 7 heteroatoms. The van der Waals surface area contributed by atoms with Gasteiger partial charge in [0.1, 0.15) is 0 Å². The molecule has 1 aliphatic carbocycles. The molecule has 1 atom stereocenters. The maximum Gasteiger partial charge on any atom is 0.253 e. The molecule has 0 aromatic heterocycles. The van der Waals surface area contributed by atoms with Crippen LogP contribution in [0.25, 0.3) is 0 Å². The van der Waals surface area contributed by atoms with E-state index in [2.05, 4.69) is 22.5 Å². The lowest BCUT2D eigenvalue weighted by atomic mass is 10.1. The maximum atomic E-state index is 12.0. The van der Waals surface area contributed by atoms with E-state index in [1.807, 2.05) is 24.3 Å². The standard InChI is InChI=1S/C21H33N5O.HI/c1-4-22-21(24-14-17-11-12-26(15-17)19-9-10-19)23-13-16-5-7-18(8-6-16)20(27)25(2)3;/h5-8,17,19H,4,9-15H2,1-3H3,(H2,22,23,24);1H. The third kappa shape index (κ3) is 6.62. The number of guanidine groups is 1. The predicted molar refractivity (Wildman–Crippen MR) is 125 cm³/mol. The number of hydrogen-bond acceptors (Lipinski definition) is 3. The quantitative estimate of drug-likeness (QED) is 0.344. The van der Waals surface area contributed by atoms with Gasteiger partial charge >= 0.3 is 0 Å². The van der Waals surface area contributed by atoms with Gasteiger partial charge in [-0.15, -0.1) is 24.0 Å². The van der Waals surface area contributed by atoms with Crippen LogP contribution in [0.1, 0.15) is 42.1 Å². The summed E-state index contributed by atoms with van der Waals surface area (Å²) in [6.45, 7) is 6.99. The average molecular weight is 499 g/mol. The van der Waals surface area contributed by atoms with Crippen molar-refractivity contribution in [3.63, 3.8) is 0 Å². The van der Waals surface area contributed by atoms with E-state index in [1.54, 1.807) is 19.0 Å². The Morgan fingerprint density at radius 2 is 1.89 bits per heavy atom. The van der Waals surface area contributed by atoms with Crippen molar-refractivity contribution in [1.29, 1.82) is 0 Å². The Morgan fingerprint density at radius 3 is 2.50 bits per heavy atom. The lowest BCUT2D eigenvalue weighted by molar-refractivity contribution is 0.0827. The van der Waals surface area contributed by atoms with Crippen LogP contribution in [0.2, 0.25) is 0 Å². The van der Waals surface area contributed by atoms with Gasteiger partial charge in [0.15, 0.2) is 5.96 Å². The number of carbonyl (C=O) groups is 1. The Kier molecular flexibility index (Phi) is 9.01. The van der Waals surface area contributed by atoms with Gasteiger partial charge in [-0.25, -0.2) is 4.99 Å². The summed E-state index contributed by atoms with van der Waals surface area (Å²) in [4.78, 5) is 20.9. The zero-order chi connectivity index (χ0) is 19.2. The first-order valence-electron chi connectivity index (χ1n) is 10.1. The Balaban J connectivity index is 0.00000280. The van der Waals surface area contributed by atoms with E-state index in [0.29, 0.717) is 18.0 Å². The highest BCUT2D eigenvalue weighted by Crippen LogP contribution is 2.31. The molecule has 0 spiro atoms. The van der Waals surface area contributed by atoms with E-state index in [1.165, 1.54) is 32.4 Å². The second-order valence-corrected chi connectivity index (χ2v) is 7.85. The number of benzene rings is 1. The largest absolute Gasteiger partial charge is 0.357 e. The van der Waals surface area contributed by atoms with E-state index >= 15 is 0 Å². The van der Waals surface area contributed by atoms with E-state index in [0.717, 1.165) is 30.7 Å². The molecule has 2 fully saturated rings. The first-order chi connectivity index (χ1) is 13.1. The molecule has 1 heterocycles. The summed E-state index contributed by atoms with van der Waals surface area (Å²) in [5.74, 6) is 1.61. The minimum Gasteiger partial charge on any atom is -0.357 e. The van der Waals surface area contributed by atoms with Crippen LogP contribution in [0, 0.1) is 5.92 Å². The molecule has 28 heavy (non-hydrogen) atoms. The first-order valence-corrected chi connectivity index (χ1v) is 10.1. The lowest BCUT2D eigenvalue weighted by Crippen LogP contribution is -2.40. The van der Waals surface area contributed by atoms with E-state index in [9.17, 15) is 4.79 Å². The molecule has 1 aromatic rings. The first kappa shape index (κ1) is 22.9. The monoisotopic (exact) mass is 499 g/mol. The number of carbonyl (C=O) groups excluding carboxylic acids is 1. The molecule has 6 nitrogen and oxygen atoms in total. The molecule has 156 valence electrons. The molecule has 0 bridgehead atoms. The van der Waals surface area contributed by atoms with Gasteiger partial charge in [0.2, 0.25) is 0 Å². The predicted octanol–water partition coefficient (Wildman–Crippen LogP) is 2.55. The van der Waals surface area contributed by atoms with Crippen LogP contribution >= 0.6 is 24.0 Å². The van der Waals surface area contributed by atoms with Gasteiger partial charge in [0.25, 0.3) is 5.91 Å². The third-order valence-electron chi connectivity index (χ3n) is 5.31. The summed E-state index contributed by atoms with van der Waals surface area (Å²) in [5, 5.41) is 6.84. The second-order valence-electron chi connectivity index (χ2n) is 7.85. The molecule has 2 aliphatic rings.